The van der Waals surface area contributed by atoms with Crippen molar-refractivity contribution in [1.29, 1.82) is 0 Å². The number of thiophene rings is 1. The van der Waals surface area contributed by atoms with Crippen LogP contribution in [0.15, 0.2) is 40.8 Å². The zero-order chi connectivity index (χ0) is 14.4. The van der Waals surface area contributed by atoms with Crippen molar-refractivity contribution in [2.24, 2.45) is 0 Å². The highest BCUT2D eigenvalue weighted by molar-refractivity contribution is 7.17. The number of hydrogen-bond donors (Lipinski definition) is 0. The van der Waals surface area contributed by atoms with Gasteiger partial charge in [-0.15, -0.1) is 11.3 Å². The molecule has 0 amide bonds. The van der Waals surface area contributed by atoms with Crippen LogP contribution in [0.3, 0.4) is 0 Å². The van der Waals surface area contributed by atoms with E-state index in [0.717, 1.165) is 21.5 Å². The van der Waals surface area contributed by atoms with Gasteiger partial charge in [-0.25, -0.2) is 4.98 Å². The smallest absolute Gasteiger partial charge is 0.271 e. The quantitative estimate of drug-likeness (QED) is 0.730. The summed E-state index contributed by atoms with van der Waals surface area (Å²) in [5.41, 5.74) is 3.10. The highest BCUT2D eigenvalue weighted by atomic mass is 32.1. The Morgan fingerprint density at radius 2 is 2.29 bits per heavy atom. The number of hydrogen-bond acceptors (Lipinski definition) is 4. The molecule has 0 spiro atoms. The average Bonchev–Trinajstić information content (AvgIpc) is 3.07. The van der Waals surface area contributed by atoms with Gasteiger partial charge >= 0.3 is 0 Å². The molecule has 4 nitrogen and oxygen atoms in total. The van der Waals surface area contributed by atoms with Crippen molar-refractivity contribution in [1.82, 2.24) is 9.55 Å². The van der Waals surface area contributed by atoms with Gasteiger partial charge in [0.1, 0.15) is 10.4 Å². The topological polar surface area (TPSA) is 44.1 Å². The van der Waals surface area contributed by atoms with Gasteiger partial charge in [0.05, 0.1) is 18.5 Å². The van der Waals surface area contributed by atoms with Gasteiger partial charge in [-0.2, -0.15) is 0 Å². The van der Waals surface area contributed by atoms with E-state index in [9.17, 15) is 4.79 Å². The van der Waals surface area contributed by atoms with E-state index in [-0.39, 0.29) is 11.5 Å². The van der Waals surface area contributed by atoms with Crippen molar-refractivity contribution in [2.75, 3.05) is 6.61 Å². The molecule has 0 saturated carbocycles. The predicted molar refractivity (Wildman–Crippen MR) is 83.3 cm³/mol. The summed E-state index contributed by atoms with van der Waals surface area (Å²) in [5, 5.41) is 1.98. The summed E-state index contributed by atoms with van der Waals surface area (Å²) in [5.74, 6) is 1.13. The van der Waals surface area contributed by atoms with Crippen LogP contribution < -0.4 is 10.3 Å². The lowest BCUT2D eigenvalue weighted by atomic mass is 10.0. The summed E-state index contributed by atoms with van der Waals surface area (Å²) in [6.07, 6.45) is 1.66. The van der Waals surface area contributed by atoms with Gasteiger partial charge in [-0.1, -0.05) is 18.2 Å². The van der Waals surface area contributed by atoms with Crippen LogP contribution in [0.5, 0.6) is 5.75 Å². The SMILES string of the molecule is Cc1csc2c(=O)n(CC3COc4ccccc43)cnc12. The Kier molecular flexibility index (Phi) is 2.82. The first-order chi connectivity index (χ1) is 10.2. The number of ether oxygens (including phenoxy) is 1. The van der Waals surface area contributed by atoms with E-state index in [4.69, 9.17) is 4.74 Å². The zero-order valence-corrected chi connectivity index (χ0v) is 12.4. The third-order valence-electron chi connectivity index (χ3n) is 3.94. The van der Waals surface area contributed by atoms with Crippen LogP contribution in [0, 0.1) is 6.92 Å². The number of aromatic nitrogens is 2. The first-order valence-electron chi connectivity index (χ1n) is 6.89. The van der Waals surface area contributed by atoms with E-state index in [1.165, 1.54) is 16.9 Å². The molecule has 3 heterocycles. The van der Waals surface area contributed by atoms with Crippen molar-refractivity contribution < 1.29 is 4.74 Å². The fourth-order valence-corrected chi connectivity index (χ4v) is 3.76. The van der Waals surface area contributed by atoms with E-state index >= 15 is 0 Å². The molecule has 1 atom stereocenters. The third-order valence-corrected chi connectivity index (χ3v) is 5.01. The molecular weight excluding hydrogens is 284 g/mol. The maximum absolute atomic E-state index is 12.5. The highest BCUT2D eigenvalue weighted by Crippen LogP contribution is 2.34. The lowest BCUT2D eigenvalue weighted by Crippen LogP contribution is -2.23. The summed E-state index contributed by atoms with van der Waals surface area (Å²) in [4.78, 5) is 17.0. The van der Waals surface area contributed by atoms with Crippen LogP contribution >= 0.6 is 11.3 Å². The molecule has 3 aromatic rings. The molecule has 1 aliphatic heterocycles. The fraction of sp³-hybridized carbons (Fsp3) is 0.250. The van der Waals surface area contributed by atoms with Gasteiger partial charge in [0.25, 0.3) is 5.56 Å². The minimum Gasteiger partial charge on any atom is -0.493 e. The van der Waals surface area contributed by atoms with Crippen molar-refractivity contribution >= 4 is 21.6 Å². The second-order valence-electron chi connectivity index (χ2n) is 5.34. The Bertz CT molecular complexity index is 881. The summed E-state index contributed by atoms with van der Waals surface area (Å²) in [6.45, 7) is 3.21. The van der Waals surface area contributed by atoms with Crippen LogP contribution in [0.25, 0.3) is 10.2 Å². The van der Waals surface area contributed by atoms with E-state index in [2.05, 4.69) is 11.1 Å². The van der Waals surface area contributed by atoms with Crippen molar-refractivity contribution in [3.8, 4) is 5.75 Å². The summed E-state index contributed by atoms with van der Waals surface area (Å²) >= 11 is 1.47. The van der Waals surface area contributed by atoms with Gasteiger partial charge < -0.3 is 4.74 Å². The van der Waals surface area contributed by atoms with E-state index < -0.39 is 0 Å². The number of benzene rings is 1. The van der Waals surface area contributed by atoms with Crippen LogP contribution in [0.4, 0.5) is 0 Å². The second-order valence-corrected chi connectivity index (χ2v) is 6.22. The van der Waals surface area contributed by atoms with Crippen LogP contribution in [0.2, 0.25) is 0 Å². The maximum Gasteiger partial charge on any atom is 0.271 e. The molecule has 1 unspecified atom stereocenters. The molecule has 1 aromatic carbocycles. The molecule has 21 heavy (non-hydrogen) atoms. The van der Waals surface area contributed by atoms with Crippen molar-refractivity contribution in [3.05, 3.63) is 57.5 Å². The molecule has 0 radical (unpaired) electrons. The molecule has 0 N–H and O–H groups in total. The highest BCUT2D eigenvalue weighted by Gasteiger charge is 2.24. The molecule has 2 aromatic heterocycles. The zero-order valence-electron chi connectivity index (χ0n) is 11.6. The van der Waals surface area contributed by atoms with Gasteiger partial charge in [0, 0.05) is 18.0 Å². The van der Waals surface area contributed by atoms with Crippen molar-refractivity contribution in [2.45, 2.75) is 19.4 Å². The Morgan fingerprint density at radius 1 is 1.43 bits per heavy atom. The van der Waals surface area contributed by atoms with E-state index in [0.29, 0.717) is 13.2 Å². The molecule has 106 valence electrons. The summed E-state index contributed by atoms with van der Waals surface area (Å²) in [6, 6.07) is 8.02. The van der Waals surface area contributed by atoms with Gasteiger partial charge in [-0.3, -0.25) is 9.36 Å². The standard InChI is InChI=1S/C16H14N2O2S/c1-10-8-21-15-14(10)17-9-18(16(15)19)6-11-7-20-13-5-3-2-4-12(11)13/h2-5,8-9,11H,6-7H2,1H3. The monoisotopic (exact) mass is 298 g/mol. The Balaban J connectivity index is 1.73. The second kappa shape index (κ2) is 4.70. The minimum absolute atomic E-state index is 0.0440. The molecule has 0 bridgehead atoms. The lowest BCUT2D eigenvalue weighted by molar-refractivity contribution is 0.317. The normalized spacial score (nSPS) is 16.9. The molecule has 0 fully saturated rings. The van der Waals surface area contributed by atoms with Crippen LogP contribution in [-0.4, -0.2) is 16.2 Å². The van der Waals surface area contributed by atoms with Crippen LogP contribution in [0.1, 0.15) is 17.0 Å². The number of rotatable bonds is 2. The minimum atomic E-state index is 0.0440. The molecule has 0 saturated heterocycles. The Hall–Kier alpha value is -2.14. The molecule has 1 aliphatic rings. The van der Waals surface area contributed by atoms with Gasteiger partial charge in [0.15, 0.2) is 0 Å². The first kappa shape index (κ1) is 12.6. The molecule has 5 heteroatoms. The number of aryl methyl sites for hydroxylation is 1. The molecular formula is C16H14N2O2S. The maximum atomic E-state index is 12.5. The lowest BCUT2D eigenvalue weighted by Gasteiger charge is -2.11. The van der Waals surface area contributed by atoms with E-state index in [1.807, 2.05) is 30.5 Å². The number of para-hydroxylation sites is 1. The fourth-order valence-electron chi connectivity index (χ4n) is 2.81. The number of nitrogens with zero attached hydrogens (tertiary/aromatic N) is 2. The van der Waals surface area contributed by atoms with E-state index in [1.54, 1.807) is 10.9 Å². The summed E-state index contributed by atoms with van der Waals surface area (Å²) in [7, 11) is 0. The molecule has 4 rings (SSSR count). The Labute approximate surface area is 125 Å². The number of fused-ring (bicyclic) bond motifs is 2. The largest absolute Gasteiger partial charge is 0.493 e. The van der Waals surface area contributed by atoms with Gasteiger partial charge in [0.2, 0.25) is 0 Å². The third kappa shape index (κ3) is 1.96. The average molecular weight is 298 g/mol. The molecule has 0 aliphatic carbocycles. The predicted octanol–water partition coefficient (Wildman–Crippen LogP) is 2.94. The van der Waals surface area contributed by atoms with Crippen LogP contribution in [-0.2, 0) is 6.54 Å². The van der Waals surface area contributed by atoms with Gasteiger partial charge in [-0.05, 0) is 23.9 Å². The first-order valence-corrected chi connectivity index (χ1v) is 7.77. The summed E-state index contributed by atoms with van der Waals surface area (Å²) < 4.78 is 8.12. The van der Waals surface area contributed by atoms with Crippen molar-refractivity contribution in [3.63, 3.8) is 0 Å². The Morgan fingerprint density at radius 3 is 3.19 bits per heavy atom.